The lowest BCUT2D eigenvalue weighted by Gasteiger charge is -2.20. The van der Waals surface area contributed by atoms with E-state index in [1.54, 1.807) is 11.4 Å². The summed E-state index contributed by atoms with van der Waals surface area (Å²) < 4.78 is 0. The van der Waals surface area contributed by atoms with Crippen LogP contribution in [-0.2, 0) is 9.59 Å². The van der Waals surface area contributed by atoms with E-state index < -0.39 is 5.97 Å². The van der Waals surface area contributed by atoms with Gasteiger partial charge >= 0.3 is 5.97 Å². The van der Waals surface area contributed by atoms with Gasteiger partial charge in [0.15, 0.2) is 0 Å². The van der Waals surface area contributed by atoms with Crippen molar-refractivity contribution >= 4 is 35.2 Å². The van der Waals surface area contributed by atoms with Gasteiger partial charge in [0.1, 0.15) is 0 Å². The minimum atomic E-state index is -1.07. The Bertz CT molecular complexity index is 551. The summed E-state index contributed by atoms with van der Waals surface area (Å²) >= 11 is 1.23. The molecule has 7 heteroatoms. The van der Waals surface area contributed by atoms with E-state index in [0.717, 1.165) is 12.5 Å². The van der Waals surface area contributed by atoms with E-state index in [9.17, 15) is 14.4 Å². The number of hydrogen-bond acceptors (Lipinski definition) is 4. The highest BCUT2D eigenvalue weighted by atomic mass is 32.1. The fourth-order valence-corrected chi connectivity index (χ4v) is 2.56. The van der Waals surface area contributed by atoms with Crippen LogP contribution in [0.3, 0.4) is 0 Å². The molecule has 2 amide bonds. The number of carboxylic acid groups (broad SMARTS) is 1. The van der Waals surface area contributed by atoms with E-state index >= 15 is 0 Å². The molecule has 1 aromatic rings. The molecule has 1 aromatic heterocycles. The molecule has 1 rings (SSSR count). The average Bonchev–Trinajstić information content (AvgIpc) is 2.92. The monoisotopic (exact) mass is 310 g/mol. The lowest BCUT2D eigenvalue weighted by Crippen LogP contribution is -2.40. The quantitative estimate of drug-likeness (QED) is 0.746. The van der Waals surface area contributed by atoms with E-state index in [4.69, 9.17) is 5.11 Å². The fraction of sp³-hybridized carbons (Fsp3) is 0.357. The first-order chi connectivity index (χ1) is 9.99. The van der Waals surface area contributed by atoms with Gasteiger partial charge in [-0.3, -0.25) is 9.59 Å². The third kappa shape index (κ3) is 5.03. The van der Waals surface area contributed by atoms with Crippen LogP contribution in [0.4, 0.5) is 0 Å². The molecule has 6 nitrogen and oxygen atoms in total. The standard InChI is InChI=1S/C14H18N2O4S/c1-3-7-16(9-11(17)15-2)14(20)13-10(6-8-21-13)4-5-12(18)19/h4-6,8H,3,7,9H2,1-2H3,(H,15,17)(H,18,19). The molecular weight excluding hydrogens is 292 g/mol. The molecule has 114 valence electrons. The molecule has 0 saturated carbocycles. The normalized spacial score (nSPS) is 10.6. The van der Waals surface area contributed by atoms with Crippen molar-refractivity contribution in [1.29, 1.82) is 0 Å². The summed E-state index contributed by atoms with van der Waals surface area (Å²) in [4.78, 5) is 36.4. The Morgan fingerprint density at radius 3 is 2.71 bits per heavy atom. The van der Waals surface area contributed by atoms with Crippen LogP contribution in [0, 0.1) is 0 Å². The maximum atomic E-state index is 12.5. The van der Waals surface area contributed by atoms with Crippen molar-refractivity contribution in [3.8, 4) is 0 Å². The van der Waals surface area contributed by atoms with Crippen LogP contribution in [0.15, 0.2) is 17.5 Å². The first-order valence-corrected chi connectivity index (χ1v) is 7.35. The summed E-state index contributed by atoms with van der Waals surface area (Å²) in [5, 5.41) is 12.9. The van der Waals surface area contributed by atoms with Crippen LogP contribution in [0.5, 0.6) is 0 Å². The van der Waals surface area contributed by atoms with Gasteiger partial charge in [-0.2, -0.15) is 0 Å². The molecule has 1 heterocycles. The number of nitrogens with zero attached hydrogens (tertiary/aromatic N) is 1. The molecule has 21 heavy (non-hydrogen) atoms. The molecule has 0 bridgehead atoms. The molecule has 0 unspecified atom stereocenters. The molecule has 0 radical (unpaired) electrons. The van der Waals surface area contributed by atoms with Gasteiger partial charge < -0.3 is 15.3 Å². The predicted molar refractivity (Wildman–Crippen MR) is 81.3 cm³/mol. The number of thiophene rings is 1. The second-order valence-electron chi connectivity index (χ2n) is 4.28. The zero-order valence-corrected chi connectivity index (χ0v) is 12.8. The van der Waals surface area contributed by atoms with Gasteiger partial charge in [0.05, 0.1) is 11.4 Å². The Kier molecular flexibility index (Phi) is 6.61. The van der Waals surface area contributed by atoms with Gasteiger partial charge in [-0.05, 0) is 29.5 Å². The zero-order chi connectivity index (χ0) is 15.8. The molecule has 0 aliphatic carbocycles. The molecule has 2 N–H and O–H groups in total. The van der Waals surface area contributed by atoms with Gasteiger partial charge in [0.2, 0.25) is 5.91 Å². The summed E-state index contributed by atoms with van der Waals surface area (Å²) in [7, 11) is 1.52. The smallest absolute Gasteiger partial charge is 0.328 e. The second kappa shape index (κ2) is 8.21. The number of carboxylic acids is 1. The summed E-state index contributed by atoms with van der Waals surface area (Å²) in [5.41, 5.74) is 0.547. The van der Waals surface area contributed by atoms with Crippen LogP contribution in [0.1, 0.15) is 28.6 Å². The maximum absolute atomic E-state index is 12.5. The number of nitrogens with one attached hydrogen (secondary N) is 1. The molecule has 0 atom stereocenters. The van der Waals surface area contributed by atoms with Crippen molar-refractivity contribution < 1.29 is 19.5 Å². The highest BCUT2D eigenvalue weighted by molar-refractivity contribution is 7.12. The fourth-order valence-electron chi connectivity index (χ4n) is 1.70. The van der Waals surface area contributed by atoms with E-state index in [-0.39, 0.29) is 18.4 Å². The molecule has 0 saturated heterocycles. The average molecular weight is 310 g/mol. The van der Waals surface area contributed by atoms with Crippen LogP contribution in [0.25, 0.3) is 6.08 Å². The van der Waals surface area contributed by atoms with Gasteiger partial charge in [0, 0.05) is 19.7 Å². The molecule has 0 fully saturated rings. The number of carbonyl (C=O) groups is 3. The highest BCUT2D eigenvalue weighted by Gasteiger charge is 2.20. The number of likely N-dealkylation sites (N-methyl/N-ethyl adjacent to an activating group) is 1. The summed E-state index contributed by atoms with van der Waals surface area (Å²) in [6.45, 7) is 2.37. The molecule has 0 aliphatic rings. The Labute approximate surface area is 127 Å². The third-order valence-electron chi connectivity index (χ3n) is 2.69. The third-order valence-corrected chi connectivity index (χ3v) is 3.61. The lowest BCUT2D eigenvalue weighted by atomic mass is 10.2. The van der Waals surface area contributed by atoms with Crippen molar-refractivity contribution in [2.45, 2.75) is 13.3 Å². The van der Waals surface area contributed by atoms with Crippen molar-refractivity contribution in [2.24, 2.45) is 0 Å². The van der Waals surface area contributed by atoms with Crippen molar-refractivity contribution in [3.63, 3.8) is 0 Å². The maximum Gasteiger partial charge on any atom is 0.328 e. The minimum absolute atomic E-state index is 0.0108. The Morgan fingerprint density at radius 1 is 1.43 bits per heavy atom. The SMILES string of the molecule is CCCN(CC(=O)NC)C(=O)c1sccc1C=CC(=O)O. The topological polar surface area (TPSA) is 86.7 Å². The Balaban J connectivity index is 2.96. The highest BCUT2D eigenvalue weighted by Crippen LogP contribution is 2.20. The summed E-state index contributed by atoms with van der Waals surface area (Å²) in [6, 6.07) is 1.68. The predicted octanol–water partition coefficient (Wildman–Crippen LogP) is 1.44. The second-order valence-corrected chi connectivity index (χ2v) is 5.19. The van der Waals surface area contributed by atoms with Crippen LogP contribution < -0.4 is 5.32 Å². The first-order valence-electron chi connectivity index (χ1n) is 6.48. The van der Waals surface area contributed by atoms with Crippen LogP contribution in [0.2, 0.25) is 0 Å². The summed E-state index contributed by atoms with van der Waals surface area (Å²) in [5.74, 6) is -1.58. The van der Waals surface area contributed by atoms with Gasteiger partial charge in [0.25, 0.3) is 5.91 Å². The molecular formula is C14H18N2O4S. The molecule has 0 aliphatic heterocycles. The van der Waals surface area contributed by atoms with Crippen molar-refractivity contribution in [3.05, 3.63) is 28.0 Å². The molecule has 0 spiro atoms. The van der Waals surface area contributed by atoms with Gasteiger partial charge in [-0.15, -0.1) is 11.3 Å². The number of carbonyl (C=O) groups excluding carboxylic acids is 2. The van der Waals surface area contributed by atoms with Crippen molar-refractivity contribution in [2.75, 3.05) is 20.1 Å². The first kappa shape index (κ1) is 16.9. The number of aliphatic carboxylic acids is 1. The molecule has 0 aromatic carbocycles. The van der Waals surface area contributed by atoms with Crippen molar-refractivity contribution in [1.82, 2.24) is 10.2 Å². The van der Waals surface area contributed by atoms with E-state index in [0.29, 0.717) is 17.0 Å². The zero-order valence-electron chi connectivity index (χ0n) is 12.0. The van der Waals surface area contributed by atoms with Crippen LogP contribution >= 0.6 is 11.3 Å². The van der Waals surface area contributed by atoms with E-state index in [1.807, 2.05) is 6.92 Å². The minimum Gasteiger partial charge on any atom is -0.478 e. The van der Waals surface area contributed by atoms with Crippen LogP contribution in [-0.4, -0.2) is 47.9 Å². The summed E-state index contributed by atoms with van der Waals surface area (Å²) in [6.07, 6.45) is 3.10. The van der Waals surface area contributed by atoms with Gasteiger partial charge in [-0.1, -0.05) is 6.92 Å². The van der Waals surface area contributed by atoms with E-state index in [1.165, 1.54) is 29.4 Å². The lowest BCUT2D eigenvalue weighted by molar-refractivity contribution is -0.131. The Hall–Kier alpha value is -2.15. The van der Waals surface area contributed by atoms with Gasteiger partial charge in [-0.25, -0.2) is 4.79 Å². The largest absolute Gasteiger partial charge is 0.478 e. The Morgan fingerprint density at radius 2 is 2.14 bits per heavy atom. The van der Waals surface area contributed by atoms with E-state index in [2.05, 4.69) is 5.32 Å². The number of amides is 2. The number of hydrogen-bond donors (Lipinski definition) is 2. The number of rotatable bonds is 7.